The van der Waals surface area contributed by atoms with E-state index < -0.39 is 0 Å². The minimum absolute atomic E-state index is 0.278. The summed E-state index contributed by atoms with van der Waals surface area (Å²) in [5, 5.41) is 0. The highest BCUT2D eigenvalue weighted by molar-refractivity contribution is 5.05. The Labute approximate surface area is 79.4 Å². The second-order valence-corrected chi connectivity index (χ2v) is 3.64. The van der Waals surface area contributed by atoms with E-state index in [0.29, 0.717) is 12.5 Å². The van der Waals surface area contributed by atoms with Crippen molar-refractivity contribution in [1.29, 1.82) is 0 Å². The smallest absolute Gasteiger partial charge is 0.133 e. The Balaban J connectivity index is 2.91. The highest BCUT2D eigenvalue weighted by atomic mass is 14.9. The van der Waals surface area contributed by atoms with Crippen LogP contribution in [0.25, 0.3) is 0 Å². The lowest BCUT2D eigenvalue weighted by atomic mass is 9.95. The van der Waals surface area contributed by atoms with Crippen LogP contribution in [0.3, 0.4) is 0 Å². The summed E-state index contributed by atoms with van der Waals surface area (Å²) in [6.07, 6.45) is 1.79. The van der Waals surface area contributed by atoms with Crippen molar-refractivity contribution in [3.8, 4) is 0 Å². The molecule has 1 unspecified atom stereocenters. The molecule has 1 rings (SSSR count). The fraction of sp³-hybridized carbons (Fsp3) is 0.600. The van der Waals surface area contributed by atoms with Crippen LogP contribution >= 0.6 is 0 Å². The molecule has 0 aliphatic heterocycles. The molecule has 2 N–H and O–H groups in total. The Hall–Kier alpha value is -0.960. The Morgan fingerprint density at radius 1 is 1.46 bits per heavy atom. The first-order valence-electron chi connectivity index (χ1n) is 4.64. The van der Waals surface area contributed by atoms with E-state index in [1.54, 1.807) is 6.20 Å². The van der Waals surface area contributed by atoms with Crippen molar-refractivity contribution in [3.63, 3.8) is 0 Å². The van der Waals surface area contributed by atoms with E-state index in [1.165, 1.54) is 0 Å². The fourth-order valence-electron chi connectivity index (χ4n) is 1.32. The van der Waals surface area contributed by atoms with Gasteiger partial charge in [-0.3, -0.25) is 0 Å². The molecule has 1 heterocycles. The average molecular weight is 179 g/mol. The lowest BCUT2D eigenvalue weighted by Gasteiger charge is -2.16. The van der Waals surface area contributed by atoms with Crippen molar-refractivity contribution < 1.29 is 0 Å². The van der Waals surface area contributed by atoms with Gasteiger partial charge < -0.3 is 5.73 Å². The van der Waals surface area contributed by atoms with Crippen LogP contribution in [0.1, 0.15) is 31.3 Å². The third-order valence-electron chi connectivity index (χ3n) is 2.20. The summed E-state index contributed by atoms with van der Waals surface area (Å²) in [6.45, 7) is 6.87. The predicted molar refractivity (Wildman–Crippen MR) is 53.4 cm³/mol. The zero-order chi connectivity index (χ0) is 9.84. The van der Waals surface area contributed by atoms with Crippen molar-refractivity contribution in [2.75, 3.05) is 6.54 Å². The topological polar surface area (TPSA) is 51.8 Å². The first-order valence-corrected chi connectivity index (χ1v) is 4.64. The summed E-state index contributed by atoms with van der Waals surface area (Å²) in [4.78, 5) is 8.62. The van der Waals surface area contributed by atoms with E-state index in [9.17, 15) is 0 Å². The van der Waals surface area contributed by atoms with E-state index in [0.717, 1.165) is 11.5 Å². The highest BCUT2D eigenvalue weighted by Gasteiger charge is 2.16. The molecule has 0 bridgehead atoms. The van der Waals surface area contributed by atoms with Crippen LogP contribution in [0, 0.1) is 12.8 Å². The van der Waals surface area contributed by atoms with Gasteiger partial charge in [0.05, 0.1) is 0 Å². The molecule has 0 saturated carbocycles. The van der Waals surface area contributed by atoms with Crippen molar-refractivity contribution >= 4 is 0 Å². The average Bonchev–Trinajstić information content (AvgIpc) is 2.04. The van der Waals surface area contributed by atoms with Gasteiger partial charge in [0.15, 0.2) is 0 Å². The van der Waals surface area contributed by atoms with Crippen molar-refractivity contribution in [2.45, 2.75) is 26.7 Å². The van der Waals surface area contributed by atoms with Gasteiger partial charge in [-0.25, -0.2) is 9.97 Å². The fourth-order valence-corrected chi connectivity index (χ4v) is 1.32. The normalized spacial score (nSPS) is 13.3. The van der Waals surface area contributed by atoms with E-state index in [1.807, 2.05) is 13.0 Å². The van der Waals surface area contributed by atoms with Crippen molar-refractivity contribution in [3.05, 3.63) is 23.8 Å². The Bertz CT molecular complexity index is 271. The summed E-state index contributed by atoms with van der Waals surface area (Å²) in [7, 11) is 0. The molecule has 0 radical (unpaired) electrons. The quantitative estimate of drug-likeness (QED) is 0.764. The molecule has 0 aliphatic rings. The van der Waals surface area contributed by atoms with E-state index >= 15 is 0 Å². The van der Waals surface area contributed by atoms with Gasteiger partial charge >= 0.3 is 0 Å². The standard InChI is InChI=1S/C10H17N3/c1-7(2)9(6-11)10-12-5-4-8(3)13-10/h4-5,7,9H,6,11H2,1-3H3. The summed E-state index contributed by atoms with van der Waals surface area (Å²) in [6, 6.07) is 1.90. The minimum Gasteiger partial charge on any atom is -0.330 e. The van der Waals surface area contributed by atoms with Crippen LogP contribution in [-0.4, -0.2) is 16.5 Å². The summed E-state index contributed by atoms with van der Waals surface area (Å²) < 4.78 is 0. The molecule has 3 heteroatoms. The van der Waals surface area contributed by atoms with Gasteiger partial charge in [0.25, 0.3) is 0 Å². The molecule has 72 valence electrons. The van der Waals surface area contributed by atoms with Crippen LogP contribution in [0.15, 0.2) is 12.3 Å². The SMILES string of the molecule is Cc1ccnc(C(CN)C(C)C)n1. The predicted octanol–water partition coefficient (Wildman–Crippen LogP) is 1.48. The molecule has 13 heavy (non-hydrogen) atoms. The first-order chi connectivity index (χ1) is 6.15. The molecule has 1 aromatic rings. The van der Waals surface area contributed by atoms with E-state index in [4.69, 9.17) is 5.73 Å². The van der Waals surface area contributed by atoms with Gasteiger partial charge in [0, 0.05) is 24.4 Å². The number of hydrogen-bond acceptors (Lipinski definition) is 3. The monoisotopic (exact) mass is 179 g/mol. The largest absolute Gasteiger partial charge is 0.330 e. The molecule has 0 amide bonds. The van der Waals surface area contributed by atoms with Gasteiger partial charge in [0.2, 0.25) is 0 Å². The van der Waals surface area contributed by atoms with Crippen molar-refractivity contribution in [2.24, 2.45) is 11.7 Å². The molecule has 3 nitrogen and oxygen atoms in total. The van der Waals surface area contributed by atoms with Crippen LogP contribution < -0.4 is 5.73 Å². The third kappa shape index (κ3) is 2.49. The maximum absolute atomic E-state index is 5.68. The van der Waals surface area contributed by atoms with Gasteiger partial charge in [-0.2, -0.15) is 0 Å². The maximum atomic E-state index is 5.68. The van der Waals surface area contributed by atoms with Gasteiger partial charge in [-0.05, 0) is 18.9 Å². The Morgan fingerprint density at radius 3 is 2.62 bits per heavy atom. The molecule has 1 aromatic heterocycles. The molecular weight excluding hydrogens is 162 g/mol. The summed E-state index contributed by atoms with van der Waals surface area (Å²) in [5.74, 6) is 1.64. The van der Waals surface area contributed by atoms with Crippen LogP contribution in [0.4, 0.5) is 0 Å². The lowest BCUT2D eigenvalue weighted by molar-refractivity contribution is 0.482. The lowest BCUT2D eigenvalue weighted by Crippen LogP contribution is -2.20. The number of aromatic nitrogens is 2. The Kier molecular flexibility index (Phi) is 3.37. The molecule has 0 saturated heterocycles. The van der Waals surface area contributed by atoms with E-state index in [2.05, 4.69) is 23.8 Å². The van der Waals surface area contributed by atoms with Gasteiger partial charge in [0.1, 0.15) is 5.82 Å². The van der Waals surface area contributed by atoms with Crippen LogP contribution in [0.2, 0.25) is 0 Å². The number of aryl methyl sites for hydroxylation is 1. The van der Waals surface area contributed by atoms with Crippen molar-refractivity contribution in [1.82, 2.24) is 9.97 Å². The molecule has 0 fully saturated rings. The zero-order valence-corrected chi connectivity index (χ0v) is 8.49. The van der Waals surface area contributed by atoms with Gasteiger partial charge in [-0.15, -0.1) is 0 Å². The third-order valence-corrected chi connectivity index (χ3v) is 2.20. The number of nitrogens with zero attached hydrogens (tertiary/aromatic N) is 2. The van der Waals surface area contributed by atoms with Gasteiger partial charge in [-0.1, -0.05) is 13.8 Å². The molecular formula is C10H17N3. The summed E-state index contributed by atoms with van der Waals surface area (Å²) >= 11 is 0. The van der Waals surface area contributed by atoms with E-state index in [-0.39, 0.29) is 5.92 Å². The minimum atomic E-state index is 0.278. The number of hydrogen-bond donors (Lipinski definition) is 1. The highest BCUT2D eigenvalue weighted by Crippen LogP contribution is 2.19. The first kappa shape index (κ1) is 10.1. The Morgan fingerprint density at radius 2 is 2.15 bits per heavy atom. The number of nitrogens with two attached hydrogens (primary N) is 1. The number of rotatable bonds is 3. The second kappa shape index (κ2) is 4.33. The van der Waals surface area contributed by atoms with Crippen LogP contribution in [-0.2, 0) is 0 Å². The molecule has 1 atom stereocenters. The maximum Gasteiger partial charge on any atom is 0.133 e. The van der Waals surface area contributed by atoms with Crippen LogP contribution in [0.5, 0.6) is 0 Å². The zero-order valence-electron chi connectivity index (χ0n) is 8.49. The second-order valence-electron chi connectivity index (χ2n) is 3.64. The molecule has 0 aliphatic carbocycles. The summed E-state index contributed by atoms with van der Waals surface area (Å²) in [5.41, 5.74) is 6.68. The molecule has 0 spiro atoms. The molecule has 0 aromatic carbocycles.